The molecular formula is C14H20F2N2O. The number of hydrogen-bond donors (Lipinski definition) is 2. The van der Waals surface area contributed by atoms with Gasteiger partial charge in [-0.25, -0.2) is 8.78 Å². The number of halogens is 2. The maximum atomic E-state index is 13.1. The highest BCUT2D eigenvalue weighted by Crippen LogP contribution is 2.16. The first kappa shape index (κ1) is 15.6. The van der Waals surface area contributed by atoms with Crippen LogP contribution < -0.4 is 11.1 Å². The number of nitrogens with one attached hydrogen (secondary N) is 1. The number of amides is 1. The highest BCUT2D eigenvalue weighted by atomic mass is 19.2. The smallest absolute Gasteiger partial charge is 0.237 e. The lowest BCUT2D eigenvalue weighted by Crippen LogP contribution is -2.41. The van der Waals surface area contributed by atoms with Crippen molar-refractivity contribution in [3.63, 3.8) is 0 Å². The van der Waals surface area contributed by atoms with Crippen LogP contribution in [0.25, 0.3) is 0 Å². The molecule has 1 rings (SSSR count). The molecule has 1 aromatic rings. The summed E-state index contributed by atoms with van der Waals surface area (Å²) in [6.45, 7) is 3.73. The van der Waals surface area contributed by atoms with Gasteiger partial charge in [-0.2, -0.15) is 0 Å². The molecule has 19 heavy (non-hydrogen) atoms. The minimum Gasteiger partial charge on any atom is -0.348 e. The molecule has 106 valence electrons. The lowest BCUT2D eigenvalue weighted by atomic mass is 10.1. The molecule has 0 aromatic heterocycles. The molecule has 0 spiro atoms. The van der Waals surface area contributed by atoms with Crippen molar-refractivity contribution in [2.45, 2.75) is 45.2 Å². The van der Waals surface area contributed by atoms with Gasteiger partial charge >= 0.3 is 0 Å². The Morgan fingerprint density at radius 2 is 2.05 bits per heavy atom. The second-order valence-corrected chi connectivity index (χ2v) is 4.65. The van der Waals surface area contributed by atoms with Crippen LogP contribution in [0, 0.1) is 11.6 Å². The average Bonchev–Trinajstić information content (AvgIpc) is 2.38. The topological polar surface area (TPSA) is 55.1 Å². The van der Waals surface area contributed by atoms with Crippen molar-refractivity contribution in [3.8, 4) is 0 Å². The second-order valence-electron chi connectivity index (χ2n) is 4.65. The quantitative estimate of drug-likeness (QED) is 0.835. The molecule has 2 unspecified atom stereocenters. The Bertz CT molecular complexity index is 437. The summed E-state index contributed by atoms with van der Waals surface area (Å²) in [5, 5.41) is 2.70. The summed E-state index contributed by atoms with van der Waals surface area (Å²) in [6, 6.07) is 2.60. The fourth-order valence-electron chi connectivity index (χ4n) is 1.74. The summed E-state index contributed by atoms with van der Waals surface area (Å²) in [7, 11) is 0. The van der Waals surface area contributed by atoms with E-state index in [-0.39, 0.29) is 5.91 Å². The van der Waals surface area contributed by atoms with Crippen molar-refractivity contribution in [2.75, 3.05) is 0 Å². The van der Waals surface area contributed by atoms with Gasteiger partial charge in [0.2, 0.25) is 5.91 Å². The molecule has 0 bridgehead atoms. The predicted molar refractivity (Wildman–Crippen MR) is 70.4 cm³/mol. The van der Waals surface area contributed by atoms with E-state index in [0.29, 0.717) is 12.0 Å². The van der Waals surface area contributed by atoms with E-state index in [9.17, 15) is 13.6 Å². The zero-order valence-corrected chi connectivity index (χ0v) is 11.2. The van der Waals surface area contributed by atoms with Gasteiger partial charge in [0.05, 0.1) is 12.1 Å². The number of carbonyl (C=O) groups excluding carboxylic acids is 1. The SMILES string of the molecule is CCCCC(N)C(=O)NC(C)c1ccc(F)c(F)c1. The van der Waals surface area contributed by atoms with Crippen LogP contribution in [0.5, 0.6) is 0 Å². The van der Waals surface area contributed by atoms with Crippen molar-refractivity contribution in [1.82, 2.24) is 5.32 Å². The number of rotatable bonds is 6. The Morgan fingerprint density at radius 3 is 2.63 bits per heavy atom. The first-order valence-corrected chi connectivity index (χ1v) is 6.46. The van der Waals surface area contributed by atoms with Gasteiger partial charge in [0.25, 0.3) is 0 Å². The highest BCUT2D eigenvalue weighted by Gasteiger charge is 2.16. The standard InChI is InChI=1S/C14H20F2N2O/c1-3-4-5-13(17)14(19)18-9(2)10-6-7-11(15)12(16)8-10/h6-9,13H,3-5,17H2,1-2H3,(H,18,19). The highest BCUT2D eigenvalue weighted by molar-refractivity contribution is 5.81. The van der Waals surface area contributed by atoms with E-state index < -0.39 is 23.7 Å². The number of unbranched alkanes of at least 4 members (excludes halogenated alkanes) is 1. The molecular weight excluding hydrogens is 250 g/mol. The van der Waals surface area contributed by atoms with E-state index in [1.54, 1.807) is 6.92 Å². The largest absolute Gasteiger partial charge is 0.348 e. The van der Waals surface area contributed by atoms with Gasteiger partial charge in [0.15, 0.2) is 11.6 Å². The van der Waals surface area contributed by atoms with E-state index >= 15 is 0 Å². The van der Waals surface area contributed by atoms with Crippen molar-refractivity contribution in [2.24, 2.45) is 5.73 Å². The summed E-state index contributed by atoms with van der Waals surface area (Å²) in [5.41, 5.74) is 6.25. The Labute approximate surface area is 112 Å². The molecule has 3 N–H and O–H groups in total. The number of nitrogens with two attached hydrogens (primary N) is 1. The zero-order chi connectivity index (χ0) is 14.4. The van der Waals surface area contributed by atoms with Crippen molar-refractivity contribution in [3.05, 3.63) is 35.4 Å². The van der Waals surface area contributed by atoms with Gasteiger partial charge in [0, 0.05) is 0 Å². The van der Waals surface area contributed by atoms with Crippen LogP contribution in [-0.2, 0) is 4.79 Å². The van der Waals surface area contributed by atoms with Crippen molar-refractivity contribution in [1.29, 1.82) is 0 Å². The van der Waals surface area contributed by atoms with E-state index in [4.69, 9.17) is 5.73 Å². The third kappa shape index (κ3) is 4.59. The minimum absolute atomic E-state index is 0.273. The molecule has 0 heterocycles. The molecule has 0 aliphatic carbocycles. The van der Waals surface area contributed by atoms with Crippen LogP contribution in [-0.4, -0.2) is 11.9 Å². The fraction of sp³-hybridized carbons (Fsp3) is 0.500. The van der Waals surface area contributed by atoms with Crippen LogP contribution in [0.2, 0.25) is 0 Å². The fourth-order valence-corrected chi connectivity index (χ4v) is 1.74. The summed E-state index contributed by atoms with van der Waals surface area (Å²) >= 11 is 0. The Balaban J connectivity index is 2.60. The first-order chi connectivity index (χ1) is 8.95. The number of benzene rings is 1. The van der Waals surface area contributed by atoms with Crippen LogP contribution >= 0.6 is 0 Å². The van der Waals surface area contributed by atoms with Crippen LogP contribution in [0.1, 0.15) is 44.7 Å². The molecule has 0 saturated carbocycles. The summed E-state index contributed by atoms with van der Waals surface area (Å²) in [6.07, 6.45) is 2.47. The monoisotopic (exact) mass is 270 g/mol. The Kier molecular flexibility index (Phi) is 5.89. The molecule has 5 heteroatoms. The van der Waals surface area contributed by atoms with E-state index in [2.05, 4.69) is 5.32 Å². The molecule has 0 radical (unpaired) electrons. The van der Waals surface area contributed by atoms with Crippen LogP contribution in [0.3, 0.4) is 0 Å². The van der Waals surface area contributed by atoms with Gasteiger partial charge in [-0.1, -0.05) is 25.8 Å². The van der Waals surface area contributed by atoms with Gasteiger partial charge in [-0.15, -0.1) is 0 Å². The average molecular weight is 270 g/mol. The third-order valence-electron chi connectivity index (χ3n) is 3.01. The van der Waals surface area contributed by atoms with E-state index in [1.807, 2.05) is 6.92 Å². The van der Waals surface area contributed by atoms with Gasteiger partial charge < -0.3 is 11.1 Å². The maximum absolute atomic E-state index is 13.1. The Hall–Kier alpha value is -1.49. The summed E-state index contributed by atoms with van der Waals surface area (Å²) in [4.78, 5) is 11.8. The molecule has 1 amide bonds. The van der Waals surface area contributed by atoms with Crippen molar-refractivity contribution < 1.29 is 13.6 Å². The van der Waals surface area contributed by atoms with Crippen LogP contribution in [0.4, 0.5) is 8.78 Å². The first-order valence-electron chi connectivity index (χ1n) is 6.46. The minimum atomic E-state index is -0.922. The summed E-state index contributed by atoms with van der Waals surface area (Å²) < 4.78 is 25.9. The lowest BCUT2D eigenvalue weighted by molar-refractivity contribution is -0.123. The molecule has 2 atom stereocenters. The van der Waals surface area contributed by atoms with Crippen molar-refractivity contribution >= 4 is 5.91 Å². The van der Waals surface area contributed by atoms with E-state index in [1.165, 1.54) is 6.07 Å². The Morgan fingerprint density at radius 1 is 1.37 bits per heavy atom. The molecule has 0 aliphatic rings. The maximum Gasteiger partial charge on any atom is 0.237 e. The molecule has 0 aliphatic heterocycles. The second kappa shape index (κ2) is 7.19. The van der Waals surface area contributed by atoms with Gasteiger partial charge in [0.1, 0.15) is 0 Å². The molecule has 0 saturated heterocycles. The third-order valence-corrected chi connectivity index (χ3v) is 3.01. The van der Waals surface area contributed by atoms with E-state index in [0.717, 1.165) is 25.0 Å². The van der Waals surface area contributed by atoms with Gasteiger partial charge in [-0.05, 0) is 31.0 Å². The summed E-state index contributed by atoms with van der Waals surface area (Å²) in [5.74, 6) is -2.10. The lowest BCUT2D eigenvalue weighted by Gasteiger charge is -2.18. The normalized spacial score (nSPS) is 13.9. The van der Waals surface area contributed by atoms with Crippen LogP contribution in [0.15, 0.2) is 18.2 Å². The molecule has 1 aromatic carbocycles. The number of hydrogen-bond acceptors (Lipinski definition) is 2. The number of carbonyl (C=O) groups is 1. The zero-order valence-electron chi connectivity index (χ0n) is 11.2. The molecule has 3 nitrogen and oxygen atoms in total. The van der Waals surface area contributed by atoms with Gasteiger partial charge in [-0.3, -0.25) is 4.79 Å². The predicted octanol–water partition coefficient (Wildman–Crippen LogP) is 2.66. The molecule has 0 fully saturated rings.